The molecule has 0 heterocycles. The zero-order valence-corrected chi connectivity index (χ0v) is 8.53. The Hall–Kier alpha value is -1.75. The third-order valence-electron chi connectivity index (χ3n) is 1.79. The topological polar surface area (TPSA) is 87.6 Å². The first-order valence-electron chi connectivity index (χ1n) is 4.45. The molecular weight excluding hydrogens is 196 g/mol. The van der Waals surface area contributed by atoms with Gasteiger partial charge in [0.25, 0.3) is 5.91 Å². The summed E-state index contributed by atoms with van der Waals surface area (Å²) < 4.78 is 10.2. The van der Waals surface area contributed by atoms with Crippen LogP contribution in [0.15, 0.2) is 18.2 Å². The minimum Gasteiger partial charge on any atom is -0.497 e. The van der Waals surface area contributed by atoms with Gasteiger partial charge in [-0.15, -0.1) is 0 Å². The summed E-state index contributed by atoms with van der Waals surface area (Å²) in [4.78, 5) is 10.5. The molecule has 1 aromatic carbocycles. The number of rotatable bonds is 5. The Morgan fingerprint density at radius 2 is 2.00 bits per heavy atom. The molecule has 0 unspecified atom stereocenters. The Kier molecular flexibility index (Phi) is 3.93. The van der Waals surface area contributed by atoms with Crippen LogP contribution in [0.25, 0.3) is 0 Å². The van der Waals surface area contributed by atoms with Gasteiger partial charge in [0, 0.05) is 12.6 Å². The average Bonchev–Trinajstić information content (AvgIpc) is 2.25. The van der Waals surface area contributed by atoms with Crippen molar-refractivity contribution >= 4 is 5.91 Å². The van der Waals surface area contributed by atoms with Crippen LogP contribution in [0.3, 0.4) is 0 Å². The second-order valence-electron chi connectivity index (χ2n) is 2.98. The van der Waals surface area contributed by atoms with Crippen molar-refractivity contribution in [2.45, 2.75) is 6.54 Å². The van der Waals surface area contributed by atoms with E-state index in [1.54, 1.807) is 25.3 Å². The maximum Gasteiger partial charge on any atom is 0.255 e. The molecule has 5 nitrogen and oxygen atoms in total. The molecule has 0 spiro atoms. The maximum absolute atomic E-state index is 10.5. The number of primary amides is 1. The molecule has 0 radical (unpaired) electrons. The lowest BCUT2D eigenvalue weighted by Gasteiger charge is -2.08. The molecule has 0 aliphatic rings. The van der Waals surface area contributed by atoms with Gasteiger partial charge in [-0.2, -0.15) is 0 Å². The van der Waals surface area contributed by atoms with Gasteiger partial charge in [-0.05, 0) is 17.7 Å². The van der Waals surface area contributed by atoms with E-state index < -0.39 is 5.91 Å². The van der Waals surface area contributed by atoms with Gasteiger partial charge in [0.2, 0.25) is 0 Å². The number of carbonyl (C=O) groups is 1. The molecule has 0 bridgehead atoms. The second-order valence-corrected chi connectivity index (χ2v) is 2.98. The summed E-state index contributed by atoms with van der Waals surface area (Å²) in [6, 6.07) is 5.21. The normalized spacial score (nSPS) is 9.73. The molecule has 1 amide bonds. The molecule has 0 atom stereocenters. The number of hydrogen-bond donors (Lipinski definition) is 2. The number of ether oxygens (including phenoxy) is 2. The zero-order valence-electron chi connectivity index (χ0n) is 8.53. The van der Waals surface area contributed by atoms with Gasteiger partial charge < -0.3 is 20.9 Å². The SMILES string of the molecule is COc1cc(CN)cc(OCC(N)=O)c1. The van der Waals surface area contributed by atoms with Crippen molar-refractivity contribution in [2.75, 3.05) is 13.7 Å². The van der Waals surface area contributed by atoms with Crippen LogP contribution in [0, 0.1) is 0 Å². The summed E-state index contributed by atoms with van der Waals surface area (Å²) in [5.41, 5.74) is 11.3. The van der Waals surface area contributed by atoms with Crippen molar-refractivity contribution in [3.05, 3.63) is 23.8 Å². The van der Waals surface area contributed by atoms with E-state index in [9.17, 15) is 4.79 Å². The van der Waals surface area contributed by atoms with Crippen LogP contribution >= 0.6 is 0 Å². The van der Waals surface area contributed by atoms with Gasteiger partial charge in [0.05, 0.1) is 7.11 Å². The van der Waals surface area contributed by atoms with Crippen molar-refractivity contribution in [3.8, 4) is 11.5 Å². The molecule has 1 rings (SSSR count). The monoisotopic (exact) mass is 210 g/mol. The van der Waals surface area contributed by atoms with Gasteiger partial charge in [-0.1, -0.05) is 0 Å². The third kappa shape index (κ3) is 3.47. The van der Waals surface area contributed by atoms with Crippen LogP contribution < -0.4 is 20.9 Å². The highest BCUT2D eigenvalue weighted by Crippen LogP contribution is 2.22. The molecule has 82 valence electrons. The summed E-state index contributed by atoms with van der Waals surface area (Å²) in [7, 11) is 1.55. The van der Waals surface area contributed by atoms with Gasteiger partial charge in [-0.3, -0.25) is 4.79 Å². The highest BCUT2D eigenvalue weighted by molar-refractivity contribution is 5.75. The summed E-state index contributed by atoms with van der Waals surface area (Å²) in [6.07, 6.45) is 0. The molecule has 4 N–H and O–H groups in total. The molecular formula is C10H14N2O3. The van der Waals surface area contributed by atoms with E-state index in [0.717, 1.165) is 5.56 Å². The molecule has 0 aromatic heterocycles. The lowest BCUT2D eigenvalue weighted by molar-refractivity contribution is -0.119. The zero-order chi connectivity index (χ0) is 11.3. The molecule has 0 saturated carbocycles. The average molecular weight is 210 g/mol. The van der Waals surface area contributed by atoms with Crippen LogP contribution in [0.4, 0.5) is 0 Å². The van der Waals surface area contributed by atoms with Crippen LogP contribution in [0.1, 0.15) is 5.56 Å². The third-order valence-corrected chi connectivity index (χ3v) is 1.79. The molecule has 15 heavy (non-hydrogen) atoms. The highest BCUT2D eigenvalue weighted by Gasteiger charge is 2.02. The molecule has 0 saturated heterocycles. The smallest absolute Gasteiger partial charge is 0.255 e. The van der Waals surface area contributed by atoms with Gasteiger partial charge in [0.15, 0.2) is 6.61 Å². The van der Waals surface area contributed by atoms with Crippen LogP contribution in [0.5, 0.6) is 11.5 Å². The predicted octanol–water partition coefficient (Wildman–Crippen LogP) is 0.0180. The van der Waals surface area contributed by atoms with Crippen LogP contribution in [-0.4, -0.2) is 19.6 Å². The van der Waals surface area contributed by atoms with Crippen LogP contribution in [-0.2, 0) is 11.3 Å². The first-order chi connectivity index (χ1) is 7.15. The standard InChI is InChI=1S/C10H14N2O3/c1-14-8-2-7(5-11)3-9(4-8)15-6-10(12)13/h2-4H,5-6,11H2,1H3,(H2,12,13). The van der Waals surface area contributed by atoms with E-state index in [0.29, 0.717) is 18.0 Å². The Morgan fingerprint density at radius 3 is 2.53 bits per heavy atom. The lowest BCUT2D eigenvalue weighted by Crippen LogP contribution is -2.20. The number of amides is 1. The van der Waals surface area contributed by atoms with E-state index in [4.69, 9.17) is 20.9 Å². The summed E-state index contributed by atoms with van der Waals surface area (Å²) in [5.74, 6) is 0.637. The van der Waals surface area contributed by atoms with E-state index in [1.807, 2.05) is 0 Å². The minimum atomic E-state index is -0.521. The fourth-order valence-corrected chi connectivity index (χ4v) is 1.10. The molecule has 5 heteroatoms. The number of methoxy groups -OCH3 is 1. The van der Waals surface area contributed by atoms with Gasteiger partial charge >= 0.3 is 0 Å². The van der Waals surface area contributed by atoms with E-state index in [-0.39, 0.29) is 6.61 Å². The summed E-state index contributed by atoms with van der Waals surface area (Å²) in [5, 5.41) is 0. The van der Waals surface area contributed by atoms with E-state index in [1.165, 1.54) is 0 Å². The minimum absolute atomic E-state index is 0.156. The fraction of sp³-hybridized carbons (Fsp3) is 0.300. The second kappa shape index (κ2) is 5.21. The summed E-state index contributed by atoms with van der Waals surface area (Å²) in [6.45, 7) is 0.224. The van der Waals surface area contributed by atoms with Gasteiger partial charge in [-0.25, -0.2) is 0 Å². The van der Waals surface area contributed by atoms with E-state index in [2.05, 4.69) is 0 Å². The largest absolute Gasteiger partial charge is 0.497 e. The molecule has 1 aromatic rings. The van der Waals surface area contributed by atoms with Gasteiger partial charge in [0.1, 0.15) is 11.5 Å². The predicted molar refractivity (Wildman–Crippen MR) is 55.6 cm³/mol. The molecule has 0 aliphatic heterocycles. The van der Waals surface area contributed by atoms with Crippen molar-refractivity contribution in [2.24, 2.45) is 11.5 Å². The van der Waals surface area contributed by atoms with Crippen molar-refractivity contribution in [1.82, 2.24) is 0 Å². The van der Waals surface area contributed by atoms with Crippen molar-refractivity contribution < 1.29 is 14.3 Å². The Labute approximate surface area is 88.0 Å². The first kappa shape index (κ1) is 11.3. The number of benzene rings is 1. The Morgan fingerprint density at radius 1 is 1.33 bits per heavy atom. The number of carbonyl (C=O) groups excluding carboxylic acids is 1. The maximum atomic E-state index is 10.5. The van der Waals surface area contributed by atoms with Crippen LogP contribution in [0.2, 0.25) is 0 Å². The lowest BCUT2D eigenvalue weighted by atomic mass is 10.2. The van der Waals surface area contributed by atoms with Crippen molar-refractivity contribution in [3.63, 3.8) is 0 Å². The number of hydrogen-bond acceptors (Lipinski definition) is 4. The molecule has 0 aliphatic carbocycles. The Bertz CT molecular complexity index is 330. The quantitative estimate of drug-likeness (QED) is 0.717. The highest BCUT2D eigenvalue weighted by atomic mass is 16.5. The Balaban J connectivity index is 2.81. The molecule has 0 fully saturated rings. The van der Waals surface area contributed by atoms with E-state index >= 15 is 0 Å². The first-order valence-corrected chi connectivity index (χ1v) is 4.45. The summed E-state index contributed by atoms with van der Waals surface area (Å²) >= 11 is 0. The number of nitrogens with two attached hydrogens (primary N) is 2. The van der Waals surface area contributed by atoms with Crippen molar-refractivity contribution in [1.29, 1.82) is 0 Å². The fourth-order valence-electron chi connectivity index (χ4n) is 1.10.